The third-order valence-corrected chi connectivity index (χ3v) is 11.9. The molecule has 0 radical (unpaired) electrons. The van der Waals surface area contributed by atoms with Gasteiger partial charge >= 0.3 is 0 Å². The van der Waals surface area contributed by atoms with Crippen LogP contribution in [0.15, 0.2) is 221 Å². The van der Waals surface area contributed by atoms with E-state index >= 15 is 0 Å². The van der Waals surface area contributed by atoms with E-state index in [2.05, 4.69) is 193 Å². The van der Waals surface area contributed by atoms with Crippen molar-refractivity contribution in [1.82, 2.24) is 0 Å². The Morgan fingerprint density at radius 3 is 1.20 bits per heavy atom. The van der Waals surface area contributed by atoms with Crippen LogP contribution in [-0.2, 0) is 0 Å². The van der Waals surface area contributed by atoms with Crippen molar-refractivity contribution in [2.45, 2.75) is 0 Å². The maximum absolute atomic E-state index is 6.43. The van der Waals surface area contributed by atoms with Gasteiger partial charge in [-0.15, -0.1) is 0 Å². The van der Waals surface area contributed by atoms with Crippen LogP contribution in [0.2, 0.25) is 0 Å². The summed E-state index contributed by atoms with van der Waals surface area (Å²) in [7, 11) is 0. The molecule has 12 rings (SSSR count). The first-order chi connectivity index (χ1) is 29.2. The summed E-state index contributed by atoms with van der Waals surface area (Å²) >= 11 is 0. The van der Waals surface area contributed by atoms with Gasteiger partial charge in [0.25, 0.3) is 0 Å². The van der Waals surface area contributed by atoms with Crippen molar-refractivity contribution in [2.24, 2.45) is 0 Å². The summed E-state index contributed by atoms with van der Waals surface area (Å²) in [5, 5.41) is 9.55. The normalized spacial score (nSPS) is 11.7. The van der Waals surface area contributed by atoms with E-state index in [0.29, 0.717) is 0 Å². The summed E-state index contributed by atoms with van der Waals surface area (Å²) in [5.74, 6) is 0. The number of furan rings is 2. The summed E-state index contributed by atoms with van der Waals surface area (Å²) in [6.45, 7) is 0. The number of hydrogen-bond acceptors (Lipinski definition) is 3. The molecule has 0 fully saturated rings. The highest BCUT2D eigenvalue weighted by atomic mass is 16.3. The van der Waals surface area contributed by atoms with Crippen LogP contribution in [0.3, 0.4) is 0 Å². The van der Waals surface area contributed by atoms with Gasteiger partial charge in [0.1, 0.15) is 22.3 Å². The maximum Gasteiger partial charge on any atom is 0.143 e. The maximum atomic E-state index is 6.43. The van der Waals surface area contributed by atoms with Gasteiger partial charge in [0.2, 0.25) is 0 Å². The summed E-state index contributed by atoms with van der Waals surface area (Å²) in [6.07, 6.45) is 0. The Kier molecular flexibility index (Phi) is 7.54. The molecule has 0 aliphatic heterocycles. The fraction of sp³-hybridized carbons (Fsp3) is 0. The quantitative estimate of drug-likeness (QED) is 0.158. The third-order valence-electron chi connectivity index (χ3n) is 11.9. The van der Waals surface area contributed by atoms with E-state index in [1.54, 1.807) is 0 Å². The summed E-state index contributed by atoms with van der Waals surface area (Å²) in [4.78, 5) is 2.33. The monoisotopic (exact) mass is 753 g/mol. The molecule has 0 unspecified atom stereocenters. The van der Waals surface area contributed by atoms with Crippen LogP contribution in [-0.4, -0.2) is 0 Å². The van der Waals surface area contributed by atoms with Crippen molar-refractivity contribution in [1.29, 1.82) is 0 Å². The molecule has 0 atom stereocenters. The Balaban J connectivity index is 0.967. The number of fused-ring (bicyclic) bond motifs is 9. The molecule has 2 heterocycles. The first-order valence-electron chi connectivity index (χ1n) is 20.1. The zero-order chi connectivity index (χ0) is 38.9. The highest BCUT2D eigenvalue weighted by Gasteiger charge is 2.18. The van der Waals surface area contributed by atoms with E-state index in [9.17, 15) is 0 Å². The van der Waals surface area contributed by atoms with Crippen LogP contribution in [0.1, 0.15) is 0 Å². The van der Waals surface area contributed by atoms with Crippen LogP contribution in [0.4, 0.5) is 17.1 Å². The lowest BCUT2D eigenvalue weighted by atomic mass is 9.93. The Morgan fingerprint density at radius 2 is 0.661 bits per heavy atom. The molecule has 12 aromatic rings. The highest BCUT2D eigenvalue weighted by Crippen LogP contribution is 2.42. The van der Waals surface area contributed by atoms with Gasteiger partial charge in [-0.05, 0) is 92.3 Å². The lowest BCUT2D eigenvalue weighted by molar-refractivity contribution is 0.669. The fourth-order valence-corrected chi connectivity index (χ4v) is 9.07. The average molecular weight is 754 g/mol. The zero-order valence-corrected chi connectivity index (χ0v) is 32.0. The zero-order valence-electron chi connectivity index (χ0n) is 32.0. The predicted molar refractivity (Wildman–Crippen MR) is 247 cm³/mol. The first-order valence-corrected chi connectivity index (χ1v) is 20.1. The Morgan fingerprint density at radius 1 is 0.271 bits per heavy atom. The second-order valence-corrected chi connectivity index (χ2v) is 15.2. The number of rotatable bonds is 6. The van der Waals surface area contributed by atoms with Crippen LogP contribution in [0.25, 0.3) is 98.8 Å². The topological polar surface area (TPSA) is 29.5 Å². The van der Waals surface area contributed by atoms with E-state index in [4.69, 9.17) is 8.83 Å². The minimum absolute atomic E-state index is 0.901. The lowest BCUT2D eigenvalue weighted by Gasteiger charge is -2.26. The second kappa shape index (κ2) is 13.4. The number of benzene rings is 10. The van der Waals surface area contributed by atoms with Crippen LogP contribution < -0.4 is 4.90 Å². The van der Waals surface area contributed by atoms with Crippen LogP contribution in [0, 0.1) is 0 Å². The highest BCUT2D eigenvalue weighted by molar-refractivity contribution is 6.14. The molecule has 3 heteroatoms. The summed E-state index contributed by atoms with van der Waals surface area (Å²) in [6, 6.07) is 75.7. The van der Waals surface area contributed by atoms with Crippen molar-refractivity contribution in [2.75, 3.05) is 4.90 Å². The smallest absolute Gasteiger partial charge is 0.143 e. The lowest BCUT2D eigenvalue weighted by Crippen LogP contribution is -2.09. The minimum Gasteiger partial charge on any atom is -0.455 e. The SMILES string of the molecule is c1ccc2c(c1)ccc1cccc(-c3ccc(N(c4ccc(-c5cccc6c5oc5ccccc56)cc4)c4ccc(-c5cccc6c5oc5ccccc56)cc4)cc3)c12. The van der Waals surface area contributed by atoms with Gasteiger partial charge in [-0.25, -0.2) is 0 Å². The largest absolute Gasteiger partial charge is 0.455 e. The molecule has 10 aromatic carbocycles. The molecule has 0 amide bonds. The van der Waals surface area contributed by atoms with E-state index in [-0.39, 0.29) is 0 Å². The van der Waals surface area contributed by atoms with E-state index in [1.165, 1.54) is 32.7 Å². The number of nitrogens with zero attached hydrogens (tertiary/aromatic N) is 1. The van der Waals surface area contributed by atoms with Crippen LogP contribution in [0.5, 0.6) is 0 Å². The Hall–Kier alpha value is -7.88. The van der Waals surface area contributed by atoms with Crippen molar-refractivity contribution in [3.8, 4) is 33.4 Å². The van der Waals surface area contributed by atoms with Crippen molar-refractivity contribution in [3.05, 3.63) is 212 Å². The van der Waals surface area contributed by atoms with Gasteiger partial charge in [0, 0.05) is 49.7 Å². The molecular formula is C56H35NO2. The standard InChI is InChI=1S/C56H35NO2/c1-2-12-44-36(10-1)22-23-40-11-7-15-45(54(40)44)37-24-30-41(31-25-37)57(42-32-26-38(27-33-42)46-16-8-18-50-48-13-3-5-20-52(48)58-55(46)50)43-34-28-39(29-35-43)47-17-9-19-51-49-14-4-6-21-53(49)59-56(47)51/h1-35H. The van der Waals surface area contributed by atoms with E-state index in [0.717, 1.165) is 83.2 Å². The third kappa shape index (κ3) is 5.44. The molecule has 0 bridgehead atoms. The number of anilines is 3. The predicted octanol–water partition coefficient (Wildman–Crippen LogP) is 16.3. The first kappa shape index (κ1) is 33.3. The molecule has 0 aliphatic rings. The fourth-order valence-electron chi connectivity index (χ4n) is 9.07. The van der Waals surface area contributed by atoms with Gasteiger partial charge in [0.15, 0.2) is 0 Å². The van der Waals surface area contributed by atoms with Gasteiger partial charge in [-0.3, -0.25) is 0 Å². The molecular weight excluding hydrogens is 719 g/mol. The molecule has 276 valence electrons. The molecule has 59 heavy (non-hydrogen) atoms. The van der Waals surface area contributed by atoms with Gasteiger partial charge < -0.3 is 13.7 Å². The minimum atomic E-state index is 0.901. The molecule has 2 aromatic heterocycles. The van der Waals surface area contributed by atoms with Crippen LogP contribution >= 0.6 is 0 Å². The van der Waals surface area contributed by atoms with Crippen molar-refractivity contribution < 1.29 is 8.83 Å². The molecule has 0 aliphatic carbocycles. The van der Waals surface area contributed by atoms with Gasteiger partial charge in [-0.2, -0.15) is 0 Å². The Bertz CT molecular complexity index is 3380. The van der Waals surface area contributed by atoms with Crippen molar-refractivity contribution in [3.63, 3.8) is 0 Å². The number of para-hydroxylation sites is 4. The second-order valence-electron chi connectivity index (χ2n) is 15.2. The van der Waals surface area contributed by atoms with Gasteiger partial charge in [0.05, 0.1) is 0 Å². The Labute approximate surface area is 340 Å². The molecule has 0 saturated heterocycles. The molecule has 0 spiro atoms. The molecule has 3 nitrogen and oxygen atoms in total. The molecule has 0 saturated carbocycles. The van der Waals surface area contributed by atoms with Gasteiger partial charge in [-0.1, -0.05) is 164 Å². The number of hydrogen-bond donors (Lipinski definition) is 0. The average Bonchev–Trinajstić information content (AvgIpc) is 3.89. The molecule has 0 N–H and O–H groups in total. The summed E-state index contributed by atoms with van der Waals surface area (Å²) in [5.41, 5.74) is 13.6. The van der Waals surface area contributed by atoms with E-state index < -0.39 is 0 Å². The summed E-state index contributed by atoms with van der Waals surface area (Å²) < 4.78 is 12.9. The van der Waals surface area contributed by atoms with E-state index in [1.807, 2.05) is 24.3 Å². The van der Waals surface area contributed by atoms with Crippen molar-refractivity contribution >= 4 is 82.5 Å².